The number of carbonyl (C=O) groups is 1. The van der Waals surface area contributed by atoms with E-state index < -0.39 is 0 Å². The van der Waals surface area contributed by atoms with Gasteiger partial charge in [0.25, 0.3) is 5.19 Å². The van der Waals surface area contributed by atoms with Crippen molar-refractivity contribution in [2.45, 2.75) is 26.3 Å². The number of rotatable bonds is 5. The van der Waals surface area contributed by atoms with Crippen LogP contribution < -0.4 is 10.5 Å². The zero-order valence-electron chi connectivity index (χ0n) is 10.5. The maximum Gasteiger partial charge on any atom is 0.294 e. The molecular formula is C11H18N4O2S. The van der Waals surface area contributed by atoms with Crippen molar-refractivity contribution in [3.8, 4) is 5.19 Å². The molecule has 0 aromatic carbocycles. The lowest BCUT2D eigenvalue weighted by Gasteiger charge is -2.29. The number of hydrogen-bond donors (Lipinski definition) is 1. The summed E-state index contributed by atoms with van der Waals surface area (Å²) in [7, 11) is 0. The van der Waals surface area contributed by atoms with Crippen LogP contribution in [0.25, 0.3) is 0 Å². The summed E-state index contributed by atoms with van der Waals surface area (Å²) in [6.45, 7) is 5.08. The van der Waals surface area contributed by atoms with Gasteiger partial charge in [-0.15, -0.1) is 10.2 Å². The summed E-state index contributed by atoms with van der Waals surface area (Å²) >= 11 is 1.48. The molecule has 18 heavy (non-hydrogen) atoms. The van der Waals surface area contributed by atoms with E-state index in [1.807, 2.05) is 6.92 Å². The Hall–Kier alpha value is -1.21. The highest BCUT2D eigenvalue weighted by Crippen LogP contribution is 2.22. The first-order chi connectivity index (χ1) is 8.69. The lowest BCUT2D eigenvalue weighted by atomic mass is 9.96. The van der Waals surface area contributed by atoms with Crippen LogP contribution in [0.3, 0.4) is 0 Å². The molecule has 2 rings (SSSR count). The van der Waals surface area contributed by atoms with E-state index in [4.69, 9.17) is 10.5 Å². The first kappa shape index (κ1) is 13.2. The number of hydrogen-bond acceptors (Lipinski definition) is 6. The van der Waals surface area contributed by atoms with Gasteiger partial charge in [-0.3, -0.25) is 9.69 Å². The molecule has 2 heterocycles. The molecule has 1 aliphatic rings. The highest BCUT2D eigenvalue weighted by atomic mass is 32.1. The second-order valence-corrected chi connectivity index (χ2v) is 5.37. The predicted octanol–water partition coefficient (Wildman–Crippen LogP) is 0.634. The van der Waals surface area contributed by atoms with Crippen molar-refractivity contribution in [1.29, 1.82) is 0 Å². The molecule has 1 saturated heterocycles. The molecule has 2 N–H and O–H groups in total. The van der Waals surface area contributed by atoms with E-state index in [0.29, 0.717) is 11.8 Å². The molecule has 0 spiro atoms. The van der Waals surface area contributed by atoms with Gasteiger partial charge in [0.2, 0.25) is 5.91 Å². The molecule has 1 amide bonds. The van der Waals surface area contributed by atoms with Gasteiger partial charge in [-0.05, 0) is 32.9 Å². The van der Waals surface area contributed by atoms with Crippen LogP contribution in [0.5, 0.6) is 5.19 Å². The number of piperidine rings is 1. The van der Waals surface area contributed by atoms with Crippen LogP contribution in [0.2, 0.25) is 0 Å². The van der Waals surface area contributed by atoms with Crippen molar-refractivity contribution in [2.24, 2.45) is 11.7 Å². The second kappa shape index (κ2) is 6.10. The Morgan fingerprint density at radius 3 is 2.83 bits per heavy atom. The number of nitrogens with zero attached hydrogens (tertiary/aromatic N) is 3. The summed E-state index contributed by atoms with van der Waals surface area (Å²) in [6, 6.07) is 0. The molecule has 0 bridgehead atoms. The van der Waals surface area contributed by atoms with Gasteiger partial charge < -0.3 is 10.5 Å². The van der Waals surface area contributed by atoms with Crippen molar-refractivity contribution >= 4 is 17.2 Å². The average molecular weight is 270 g/mol. The number of ether oxygens (including phenoxy) is 1. The lowest BCUT2D eigenvalue weighted by Crippen LogP contribution is -2.38. The van der Waals surface area contributed by atoms with E-state index in [2.05, 4.69) is 15.1 Å². The molecule has 0 aliphatic carbocycles. The minimum atomic E-state index is -0.177. The zero-order chi connectivity index (χ0) is 13.0. The predicted molar refractivity (Wildman–Crippen MR) is 68.3 cm³/mol. The first-order valence-corrected chi connectivity index (χ1v) is 6.97. The summed E-state index contributed by atoms with van der Waals surface area (Å²) in [5.41, 5.74) is 5.31. The normalized spacial score (nSPS) is 17.8. The first-order valence-electron chi connectivity index (χ1n) is 6.16. The third-order valence-electron chi connectivity index (χ3n) is 3.06. The van der Waals surface area contributed by atoms with Crippen molar-refractivity contribution < 1.29 is 9.53 Å². The monoisotopic (exact) mass is 270 g/mol. The van der Waals surface area contributed by atoms with Crippen molar-refractivity contribution in [1.82, 2.24) is 15.1 Å². The highest BCUT2D eigenvalue weighted by molar-refractivity contribution is 7.13. The van der Waals surface area contributed by atoms with E-state index in [1.165, 1.54) is 11.3 Å². The van der Waals surface area contributed by atoms with Crippen LogP contribution in [0.4, 0.5) is 0 Å². The van der Waals surface area contributed by atoms with Gasteiger partial charge in [0, 0.05) is 5.92 Å². The number of amides is 1. The number of carbonyl (C=O) groups excluding carboxylic acids is 1. The zero-order valence-corrected chi connectivity index (χ0v) is 11.3. The van der Waals surface area contributed by atoms with Gasteiger partial charge in [-0.1, -0.05) is 11.3 Å². The minimum Gasteiger partial charge on any atom is -0.469 e. The Morgan fingerprint density at radius 1 is 1.50 bits per heavy atom. The summed E-state index contributed by atoms with van der Waals surface area (Å²) in [5, 5.41) is 9.63. The maximum absolute atomic E-state index is 11.1. The fourth-order valence-electron chi connectivity index (χ4n) is 2.05. The van der Waals surface area contributed by atoms with Gasteiger partial charge in [0.15, 0.2) is 0 Å². The molecule has 7 heteroatoms. The molecule has 0 saturated carbocycles. The molecule has 1 aromatic rings. The molecule has 6 nitrogen and oxygen atoms in total. The van der Waals surface area contributed by atoms with Gasteiger partial charge in [0.1, 0.15) is 5.01 Å². The molecule has 0 atom stereocenters. The number of likely N-dealkylation sites (tertiary alicyclic amines) is 1. The SMILES string of the molecule is CCOc1nnc(CN2CCC(C(N)=O)CC2)s1. The van der Waals surface area contributed by atoms with Crippen LogP contribution in [-0.2, 0) is 11.3 Å². The molecule has 0 radical (unpaired) electrons. The van der Waals surface area contributed by atoms with Crippen LogP contribution in [0, 0.1) is 5.92 Å². The Balaban J connectivity index is 1.81. The molecule has 1 aliphatic heterocycles. The van der Waals surface area contributed by atoms with Gasteiger partial charge >= 0.3 is 0 Å². The summed E-state index contributed by atoms with van der Waals surface area (Å²) in [5.74, 6) is -0.140. The molecular weight excluding hydrogens is 252 g/mol. The van der Waals surface area contributed by atoms with E-state index >= 15 is 0 Å². The van der Waals surface area contributed by atoms with E-state index in [-0.39, 0.29) is 11.8 Å². The Bertz CT molecular complexity index is 402. The van der Waals surface area contributed by atoms with Gasteiger partial charge in [0.05, 0.1) is 13.2 Å². The van der Waals surface area contributed by atoms with E-state index in [0.717, 1.165) is 37.5 Å². The van der Waals surface area contributed by atoms with Crippen molar-refractivity contribution in [2.75, 3.05) is 19.7 Å². The Kier molecular flexibility index (Phi) is 4.48. The summed E-state index contributed by atoms with van der Waals surface area (Å²) in [6.07, 6.45) is 1.68. The number of nitrogens with two attached hydrogens (primary N) is 1. The molecule has 100 valence electrons. The highest BCUT2D eigenvalue weighted by Gasteiger charge is 2.23. The summed E-state index contributed by atoms with van der Waals surface area (Å²) in [4.78, 5) is 13.3. The fraction of sp³-hybridized carbons (Fsp3) is 0.727. The standard InChI is InChI=1S/C11H18N4O2S/c1-2-17-11-14-13-9(18-11)7-15-5-3-8(4-6-15)10(12)16/h8H,2-7H2,1H3,(H2,12,16). The van der Waals surface area contributed by atoms with Crippen molar-refractivity contribution in [3.05, 3.63) is 5.01 Å². The number of primary amides is 1. The largest absolute Gasteiger partial charge is 0.469 e. The molecule has 0 unspecified atom stereocenters. The van der Waals surface area contributed by atoms with Crippen LogP contribution >= 0.6 is 11.3 Å². The smallest absolute Gasteiger partial charge is 0.294 e. The molecule has 1 fully saturated rings. The van der Waals surface area contributed by atoms with Crippen LogP contribution in [0.15, 0.2) is 0 Å². The summed E-state index contributed by atoms with van der Waals surface area (Å²) < 4.78 is 5.29. The Labute approximate surface area is 110 Å². The minimum absolute atomic E-state index is 0.0367. The van der Waals surface area contributed by atoms with Crippen LogP contribution in [-0.4, -0.2) is 40.7 Å². The second-order valence-electron chi connectivity index (χ2n) is 4.35. The van der Waals surface area contributed by atoms with Crippen LogP contribution in [0.1, 0.15) is 24.8 Å². The third-order valence-corrected chi connectivity index (χ3v) is 3.89. The lowest BCUT2D eigenvalue weighted by molar-refractivity contribution is -0.123. The third kappa shape index (κ3) is 3.39. The average Bonchev–Trinajstić information content (AvgIpc) is 2.78. The fourth-order valence-corrected chi connectivity index (χ4v) is 2.84. The number of aromatic nitrogens is 2. The topological polar surface area (TPSA) is 81.3 Å². The molecule has 1 aromatic heterocycles. The van der Waals surface area contributed by atoms with Gasteiger partial charge in [-0.25, -0.2) is 0 Å². The quantitative estimate of drug-likeness (QED) is 0.849. The van der Waals surface area contributed by atoms with E-state index in [9.17, 15) is 4.79 Å². The van der Waals surface area contributed by atoms with E-state index in [1.54, 1.807) is 0 Å². The van der Waals surface area contributed by atoms with Crippen molar-refractivity contribution in [3.63, 3.8) is 0 Å². The van der Waals surface area contributed by atoms with Gasteiger partial charge in [-0.2, -0.15) is 0 Å². The Morgan fingerprint density at radius 2 is 2.22 bits per heavy atom. The maximum atomic E-state index is 11.1.